The molecule has 5 nitrogen and oxygen atoms in total. The fraction of sp³-hybridized carbons (Fsp3) is 0. The second-order valence-electron chi connectivity index (χ2n) is 10.4. The molecule has 0 saturated heterocycles. The molecule has 0 atom stereocenters. The van der Waals surface area contributed by atoms with Gasteiger partial charge < -0.3 is 4.42 Å². The first-order chi connectivity index (χ1) is 21.3. The molecule has 0 aliphatic rings. The van der Waals surface area contributed by atoms with Crippen molar-refractivity contribution in [2.45, 2.75) is 0 Å². The normalized spacial score (nSPS) is 11.2. The summed E-state index contributed by atoms with van der Waals surface area (Å²) < 4.78 is 6.55. The van der Waals surface area contributed by atoms with Crippen molar-refractivity contribution < 1.29 is 4.42 Å². The van der Waals surface area contributed by atoms with Gasteiger partial charge in [-0.2, -0.15) is 5.26 Å². The van der Waals surface area contributed by atoms with Crippen molar-refractivity contribution in [1.82, 2.24) is 15.0 Å². The third kappa shape index (κ3) is 4.21. The molecule has 0 bridgehead atoms. The van der Waals surface area contributed by atoms with Gasteiger partial charge in [0.15, 0.2) is 17.5 Å². The van der Waals surface area contributed by atoms with E-state index in [-0.39, 0.29) is 0 Å². The Morgan fingerprint density at radius 2 is 1.19 bits per heavy atom. The summed E-state index contributed by atoms with van der Waals surface area (Å²) in [4.78, 5) is 15.2. The van der Waals surface area contributed by atoms with Gasteiger partial charge in [0.05, 0.1) is 17.2 Å². The van der Waals surface area contributed by atoms with E-state index in [2.05, 4.69) is 48.5 Å². The molecule has 0 aliphatic heterocycles. The Bertz CT molecular complexity index is 2340. The van der Waals surface area contributed by atoms with Crippen LogP contribution in [0.1, 0.15) is 5.56 Å². The molecule has 6 aromatic carbocycles. The van der Waals surface area contributed by atoms with Crippen LogP contribution in [0.3, 0.4) is 0 Å². The molecule has 0 spiro atoms. The van der Waals surface area contributed by atoms with E-state index in [0.29, 0.717) is 28.6 Å². The van der Waals surface area contributed by atoms with Gasteiger partial charge >= 0.3 is 0 Å². The Kier molecular flexibility index (Phi) is 5.77. The predicted molar refractivity (Wildman–Crippen MR) is 171 cm³/mol. The lowest BCUT2D eigenvalue weighted by molar-refractivity contribution is 0.669. The maximum atomic E-state index is 9.41. The lowest BCUT2D eigenvalue weighted by Gasteiger charge is -2.13. The molecule has 43 heavy (non-hydrogen) atoms. The average molecular weight is 551 g/mol. The monoisotopic (exact) mass is 550 g/mol. The van der Waals surface area contributed by atoms with Gasteiger partial charge in [-0.1, -0.05) is 109 Å². The Labute approximate surface area is 247 Å². The van der Waals surface area contributed by atoms with Crippen molar-refractivity contribution in [3.8, 4) is 51.4 Å². The lowest BCUT2D eigenvalue weighted by atomic mass is 9.95. The van der Waals surface area contributed by atoms with E-state index in [9.17, 15) is 5.26 Å². The van der Waals surface area contributed by atoms with Gasteiger partial charge in [0.25, 0.3) is 0 Å². The fourth-order valence-electron chi connectivity index (χ4n) is 5.72. The minimum absolute atomic E-state index is 0.515. The summed E-state index contributed by atoms with van der Waals surface area (Å²) in [6.07, 6.45) is 0. The van der Waals surface area contributed by atoms with Crippen LogP contribution in [0.15, 0.2) is 138 Å². The average Bonchev–Trinajstić information content (AvgIpc) is 3.46. The van der Waals surface area contributed by atoms with Crippen LogP contribution in [0, 0.1) is 11.3 Å². The van der Waals surface area contributed by atoms with Crippen LogP contribution in [-0.2, 0) is 0 Å². The quantitative estimate of drug-likeness (QED) is 0.218. The number of nitrogens with zero attached hydrogens (tertiary/aromatic N) is 4. The molecule has 200 valence electrons. The van der Waals surface area contributed by atoms with Gasteiger partial charge in [-0.25, -0.2) is 15.0 Å². The highest BCUT2D eigenvalue weighted by Crippen LogP contribution is 2.42. The summed E-state index contributed by atoms with van der Waals surface area (Å²) in [5.41, 5.74) is 6.54. The lowest BCUT2D eigenvalue weighted by Crippen LogP contribution is -2.01. The maximum Gasteiger partial charge on any atom is 0.168 e. The van der Waals surface area contributed by atoms with E-state index >= 15 is 0 Å². The Hall–Kier alpha value is -6.12. The first kappa shape index (κ1) is 24.7. The highest BCUT2D eigenvalue weighted by atomic mass is 16.3. The molecule has 0 unspecified atom stereocenters. The topological polar surface area (TPSA) is 75.6 Å². The van der Waals surface area contributed by atoms with Crippen molar-refractivity contribution in [1.29, 1.82) is 5.26 Å². The van der Waals surface area contributed by atoms with Crippen molar-refractivity contribution in [2.24, 2.45) is 0 Å². The zero-order valence-electron chi connectivity index (χ0n) is 22.9. The van der Waals surface area contributed by atoms with Crippen molar-refractivity contribution in [3.05, 3.63) is 139 Å². The van der Waals surface area contributed by atoms with Crippen molar-refractivity contribution >= 4 is 32.7 Å². The molecule has 0 N–H and O–H groups in total. The molecule has 0 aliphatic carbocycles. The number of para-hydroxylation sites is 1. The fourth-order valence-corrected chi connectivity index (χ4v) is 5.72. The molecular weight excluding hydrogens is 528 g/mol. The summed E-state index contributed by atoms with van der Waals surface area (Å²) in [7, 11) is 0. The maximum absolute atomic E-state index is 9.41. The van der Waals surface area contributed by atoms with Crippen LogP contribution in [0.4, 0.5) is 0 Å². The number of rotatable bonds is 4. The highest BCUT2D eigenvalue weighted by Gasteiger charge is 2.22. The summed E-state index contributed by atoms with van der Waals surface area (Å²) in [5, 5.41) is 13.6. The smallest absolute Gasteiger partial charge is 0.168 e. The zero-order chi connectivity index (χ0) is 28.8. The molecule has 8 rings (SSSR count). The minimum atomic E-state index is 0.515. The van der Waals surface area contributed by atoms with Crippen molar-refractivity contribution in [2.75, 3.05) is 0 Å². The number of hydrogen-bond acceptors (Lipinski definition) is 5. The summed E-state index contributed by atoms with van der Waals surface area (Å²) in [5.74, 6) is 1.67. The van der Waals surface area contributed by atoms with Crippen LogP contribution < -0.4 is 0 Å². The zero-order valence-corrected chi connectivity index (χ0v) is 22.9. The van der Waals surface area contributed by atoms with Crippen molar-refractivity contribution in [3.63, 3.8) is 0 Å². The molecule has 2 aromatic heterocycles. The molecule has 8 aromatic rings. The van der Waals surface area contributed by atoms with Crippen LogP contribution in [0.25, 0.3) is 78.0 Å². The van der Waals surface area contributed by atoms with Gasteiger partial charge in [0, 0.05) is 21.9 Å². The molecule has 0 saturated carbocycles. The standard InChI is InChI=1S/C38H22N4O/c39-23-24-17-19-26(20-18-24)29-21-22-31-30-14-6-7-16-33(30)43-35(31)34(29)38-41-36(27-10-2-1-3-11-27)40-37(42-38)32-15-8-12-25-9-4-5-13-28(25)32/h1-22H. The predicted octanol–water partition coefficient (Wildman–Crippen LogP) is 9.46. The van der Waals surface area contributed by atoms with E-state index < -0.39 is 0 Å². The van der Waals surface area contributed by atoms with Crippen LogP contribution in [0.2, 0.25) is 0 Å². The summed E-state index contributed by atoms with van der Waals surface area (Å²) in [6.45, 7) is 0. The first-order valence-corrected chi connectivity index (χ1v) is 14.0. The highest BCUT2D eigenvalue weighted by molar-refractivity contribution is 6.12. The summed E-state index contributed by atoms with van der Waals surface area (Å²) >= 11 is 0. The summed E-state index contributed by atoms with van der Waals surface area (Å²) in [6, 6.07) is 46.4. The number of furan rings is 1. The third-order valence-electron chi connectivity index (χ3n) is 7.79. The largest absolute Gasteiger partial charge is 0.455 e. The Balaban J connectivity index is 1.48. The number of aromatic nitrogens is 3. The van der Waals surface area contributed by atoms with E-state index in [1.807, 2.05) is 91.0 Å². The molecule has 0 amide bonds. The van der Waals surface area contributed by atoms with Gasteiger partial charge in [0.1, 0.15) is 11.2 Å². The van der Waals surface area contributed by atoms with Crippen LogP contribution in [0.5, 0.6) is 0 Å². The van der Waals surface area contributed by atoms with Gasteiger partial charge in [-0.15, -0.1) is 0 Å². The molecule has 0 fully saturated rings. The van der Waals surface area contributed by atoms with Gasteiger partial charge in [-0.05, 0) is 46.2 Å². The van der Waals surface area contributed by atoms with E-state index in [4.69, 9.17) is 19.4 Å². The van der Waals surface area contributed by atoms with Gasteiger partial charge in [-0.3, -0.25) is 0 Å². The third-order valence-corrected chi connectivity index (χ3v) is 7.79. The van der Waals surface area contributed by atoms with Crippen LogP contribution >= 0.6 is 0 Å². The first-order valence-electron chi connectivity index (χ1n) is 14.0. The number of nitriles is 1. The molecule has 5 heteroatoms. The van der Waals surface area contributed by atoms with Gasteiger partial charge in [0.2, 0.25) is 0 Å². The Morgan fingerprint density at radius 3 is 2.02 bits per heavy atom. The SMILES string of the molecule is N#Cc1ccc(-c2ccc3c(oc4ccccc43)c2-c2nc(-c3ccccc3)nc(-c3cccc4ccccc34)n2)cc1. The second kappa shape index (κ2) is 10.1. The van der Waals surface area contributed by atoms with Crippen LogP contribution in [-0.4, -0.2) is 15.0 Å². The van der Waals surface area contributed by atoms with E-state index in [1.54, 1.807) is 0 Å². The second-order valence-corrected chi connectivity index (χ2v) is 10.4. The minimum Gasteiger partial charge on any atom is -0.455 e. The Morgan fingerprint density at radius 1 is 0.488 bits per heavy atom. The van der Waals surface area contributed by atoms with E-state index in [0.717, 1.165) is 54.9 Å². The number of hydrogen-bond donors (Lipinski definition) is 0. The number of fused-ring (bicyclic) bond motifs is 4. The molecule has 2 heterocycles. The number of benzene rings is 6. The molecular formula is C38H22N4O. The molecule has 0 radical (unpaired) electrons. The van der Waals surface area contributed by atoms with E-state index in [1.165, 1.54) is 0 Å².